The lowest BCUT2D eigenvalue weighted by Gasteiger charge is -2.41. The summed E-state index contributed by atoms with van der Waals surface area (Å²) in [6.45, 7) is 3.98. The van der Waals surface area contributed by atoms with Crippen LogP contribution in [0.5, 0.6) is 0 Å². The van der Waals surface area contributed by atoms with E-state index in [-0.39, 0.29) is 18.3 Å². The van der Waals surface area contributed by atoms with E-state index in [1.165, 1.54) is 12.1 Å². The summed E-state index contributed by atoms with van der Waals surface area (Å²) >= 11 is 0. The lowest BCUT2D eigenvalue weighted by Crippen LogP contribution is -2.35. The first-order valence-electron chi connectivity index (χ1n) is 11.2. The van der Waals surface area contributed by atoms with Crippen LogP contribution in [0.2, 0.25) is 0 Å². The molecule has 0 radical (unpaired) electrons. The van der Waals surface area contributed by atoms with E-state index in [9.17, 15) is 14.9 Å². The van der Waals surface area contributed by atoms with Gasteiger partial charge < -0.3 is 9.64 Å². The summed E-state index contributed by atoms with van der Waals surface area (Å²) in [5.74, 6) is -0.400. The molecule has 3 aromatic carbocycles. The van der Waals surface area contributed by atoms with Crippen LogP contribution in [-0.2, 0) is 9.53 Å². The highest BCUT2D eigenvalue weighted by Crippen LogP contribution is 2.43. The van der Waals surface area contributed by atoms with E-state index in [1.807, 2.05) is 55.6 Å². The van der Waals surface area contributed by atoms with Gasteiger partial charge in [0.1, 0.15) is 0 Å². The van der Waals surface area contributed by atoms with Crippen LogP contribution in [0.15, 0.2) is 108 Å². The molecule has 1 aliphatic heterocycles. The molecule has 1 heterocycles. The largest absolute Gasteiger partial charge is 0.463 e. The van der Waals surface area contributed by atoms with Crippen molar-refractivity contribution in [3.05, 3.63) is 135 Å². The van der Waals surface area contributed by atoms with Crippen LogP contribution in [0.3, 0.4) is 0 Å². The van der Waals surface area contributed by atoms with Gasteiger partial charge in [0.25, 0.3) is 5.69 Å². The van der Waals surface area contributed by atoms with Gasteiger partial charge in [-0.3, -0.25) is 10.1 Å². The highest BCUT2D eigenvalue weighted by Gasteiger charge is 2.36. The van der Waals surface area contributed by atoms with E-state index in [1.54, 1.807) is 19.1 Å². The summed E-state index contributed by atoms with van der Waals surface area (Å²) in [6, 6.07) is 25.9. The molecule has 0 aliphatic carbocycles. The normalized spacial score (nSPS) is 15.5. The standard InChI is InChI=1S/C28H26N2O4/c1-3-34-28(31)25-18-20(2)19-29(27(25)23-14-16-24(17-15-23)30(32)33)26(21-10-6-4-7-11-21)22-12-8-5-9-13-22/h4-19,26-27H,3H2,1-2H3. The van der Waals surface area contributed by atoms with E-state index in [0.717, 1.165) is 22.3 Å². The minimum atomic E-state index is -0.492. The number of nitro groups is 1. The smallest absolute Gasteiger partial charge is 0.336 e. The fourth-order valence-electron chi connectivity index (χ4n) is 4.38. The van der Waals surface area contributed by atoms with Crippen LogP contribution < -0.4 is 0 Å². The highest BCUT2D eigenvalue weighted by atomic mass is 16.6. The third-order valence-electron chi connectivity index (χ3n) is 5.79. The summed E-state index contributed by atoms with van der Waals surface area (Å²) in [7, 11) is 0. The zero-order valence-electron chi connectivity index (χ0n) is 19.1. The topological polar surface area (TPSA) is 72.7 Å². The predicted molar refractivity (Wildman–Crippen MR) is 131 cm³/mol. The Labute approximate surface area is 198 Å². The molecule has 1 aliphatic rings. The lowest BCUT2D eigenvalue weighted by molar-refractivity contribution is -0.384. The fraction of sp³-hybridized carbons (Fsp3) is 0.179. The number of nitrogens with zero attached hydrogens (tertiary/aromatic N) is 2. The van der Waals surface area contributed by atoms with Crippen molar-refractivity contribution < 1.29 is 14.5 Å². The van der Waals surface area contributed by atoms with Crippen molar-refractivity contribution >= 4 is 11.7 Å². The van der Waals surface area contributed by atoms with Gasteiger partial charge in [-0.1, -0.05) is 60.7 Å². The number of hydrogen-bond acceptors (Lipinski definition) is 5. The number of carbonyl (C=O) groups is 1. The summed E-state index contributed by atoms with van der Waals surface area (Å²) in [4.78, 5) is 26.0. The third-order valence-corrected chi connectivity index (χ3v) is 5.79. The average molecular weight is 455 g/mol. The van der Waals surface area contributed by atoms with Crippen LogP contribution in [-0.4, -0.2) is 22.4 Å². The Morgan fingerprint density at radius 2 is 1.53 bits per heavy atom. The van der Waals surface area contributed by atoms with Gasteiger partial charge in [0.15, 0.2) is 0 Å². The van der Waals surface area contributed by atoms with Gasteiger partial charge in [0, 0.05) is 18.3 Å². The van der Waals surface area contributed by atoms with Crippen LogP contribution in [0.1, 0.15) is 42.6 Å². The lowest BCUT2D eigenvalue weighted by atomic mass is 9.88. The number of benzene rings is 3. The van der Waals surface area contributed by atoms with Crippen LogP contribution in [0.4, 0.5) is 5.69 Å². The third kappa shape index (κ3) is 4.76. The minimum Gasteiger partial charge on any atom is -0.463 e. The second kappa shape index (κ2) is 10.2. The molecule has 0 amide bonds. The Kier molecular flexibility index (Phi) is 6.87. The van der Waals surface area contributed by atoms with Gasteiger partial charge in [-0.05, 0) is 54.3 Å². The van der Waals surface area contributed by atoms with E-state index < -0.39 is 16.9 Å². The Bertz CT molecular complexity index is 1180. The number of nitro benzene ring substituents is 1. The number of carbonyl (C=O) groups excluding carboxylic acids is 1. The molecular weight excluding hydrogens is 428 g/mol. The summed E-state index contributed by atoms with van der Waals surface area (Å²) < 4.78 is 5.41. The maximum atomic E-state index is 13.1. The number of hydrogen-bond donors (Lipinski definition) is 0. The number of non-ortho nitro benzene ring substituents is 1. The van der Waals surface area contributed by atoms with Crippen LogP contribution >= 0.6 is 0 Å². The molecule has 172 valence electrons. The van der Waals surface area contributed by atoms with Gasteiger partial charge in [0.2, 0.25) is 0 Å². The zero-order valence-corrected chi connectivity index (χ0v) is 19.1. The Morgan fingerprint density at radius 3 is 2.03 bits per heavy atom. The van der Waals surface area contributed by atoms with Crippen molar-refractivity contribution in [1.82, 2.24) is 4.90 Å². The maximum absolute atomic E-state index is 13.1. The van der Waals surface area contributed by atoms with Crippen molar-refractivity contribution in [2.45, 2.75) is 25.9 Å². The molecular formula is C28H26N2O4. The molecule has 1 unspecified atom stereocenters. The molecule has 0 saturated carbocycles. The Balaban J connectivity index is 1.90. The highest BCUT2D eigenvalue weighted by molar-refractivity contribution is 5.91. The summed E-state index contributed by atoms with van der Waals surface area (Å²) in [5, 5.41) is 11.2. The second-order valence-electron chi connectivity index (χ2n) is 8.12. The molecule has 0 fully saturated rings. The van der Waals surface area contributed by atoms with Crippen molar-refractivity contribution in [2.24, 2.45) is 0 Å². The van der Waals surface area contributed by atoms with E-state index >= 15 is 0 Å². The van der Waals surface area contributed by atoms with Gasteiger partial charge in [-0.2, -0.15) is 0 Å². The fourth-order valence-corrected chi connectivity index (χ4v) is 4.38. The molecule has 0 bridgehead atoms. The van der Waals surface area contributed by atoms with Gasteiger partial charge in [-0.25, -0.2) is 4.79 Å². The number of ether oxygens (including phenoxy) is 1. The van der Waals surface area contributed by atoms with Crippen molar-refractivity contribution in [3.8, 4) is 0 Å². The first-order chi connectivity index (χ1) is 16.5. The van der Waals surface area contributed by atoms with Crippen molar-refractivity contribution in [2.75, 3.05) is 6.61 Å². The number of esters is 1. The first kappa shape index (κ1) is 23.0. The SMILES string of the molecule is CCOC(=O)C1=CC(C)=CN(C(c2ccccc2)c2ccccc2)C1c1ccc([N+](=O)[O-])cc1. The molecule has 0 spiro atoms. The van der Waals surface area contributed by atoms with Crippen molar-refractivity contribution in [1.29, 1.82) is 0 Å². The molecule has 3 aromatic rings. The molecule has 0 saturated heterocycles. The zero-order chi connectivity index (χ0) is 24.1. The minimum absolute atomic E-state index is 0.00200. The number of allylic oxidation sites excluding steroid dienone is 2. The van der Waals surface area contributed by atoms with Crippen LogP contribution in [0, 0.1) is 10.1 Å². The predicted octanol–water partition coefficient (Wildman–Crippen LogP) is 6.13. The molecule has 1 atom stereocenters. The van der Waals surface area contributed by atoms with E-state index in [2.05, 4.69) is 29.2 Å². The van der Waals surface area contributed by atoms with Crippen LogP contribution in [0.25, 0.3) is 0 Å². The summed E-state index contributed by atoms with van der Waals surface area (Å²) in [6.07, 6.45) is 3.88. The molecule has 0 aromatic heterocycles. The van der Waals surface area contributed by atoms with Crippen molar-refractivity contribution in [3.63, 3.8) is 0 Å². The monoisotopic (exact) mass is 454 g/mol. The average Bonchev–Trinajstić information content (AvgIpc) is 2.85. The molecule has 6 heteroatoms. The molecule has 34 heavy (non-hydrogen) atoms. The van der Waals surface area contributed by atoms with Gasteiger partial charge in [0.05, 0.1) is 29.2 Å². The maximum Gasteiger partial charge on any atom is 0.336 e. The second-order valence-corrected chi connectivity index (χ2v) is 8.12. The quantitative estimate of drug-likeness (QED) is 0.244. The first-order valence-corrected chi connectivity index (χ1v) is 11.2. The van der Waals surface area contributed by atoms with Gasteiger partial charge >= 0.3 is 5.97 Å². The molecule has 4 rings (SSSR count). The number of rotatable bonds is 7. The summed E-state index contributed by atoms with van der Waals surface area (Å²) in [5.41, 5.74) is 4.31. The van der Waals surface area contributed by atoms with Gasteiger partial charge in [-0.15, -0.1) is 0 Å². The Hall–Kier alpha value is -4.19. The molecule has 0 N–H and O–H groups in total. The Morgan fingerprint density at radius 1 is 0.971 bits per heavy atom. The molecule has 6 nitrogen and oxygen atoms in total. The van der Waals surface area contributed by atoms with E-state index in [0.29, 0.717) is 5.57 Å². The van der Waals surface area contributed by atoms with E-state index in [4.69, 9.17) is 4.74 Å².